The Morgan fingerprint density at radius 3 is 2.32 bits per heavy atom. The zero-order chi connectivity index (χ0) is 19.8. The van der Waals surface area contributed by atoms with E-state index in [1.165, 1.54) is 0 Å². The Morgan fingerprint density at radius 2 is 1.61 bits per heavy atom. The first-order chi connectivity index (χ1) is 13.6. The number of hydrogen-bond acceptors (Lipinski definition) is 4. The molecule has 1 heterocycles. The van der Waals surface area contributed by atoms with Crippen LogP contribution in [0.3, 0.4) is 0 Å². The van der Waals surface area contributed by atoms with Crippen molar-refractivity contribution in [1.82, 2.24) is 9.80 Å². The quantitative estimate of drug-likeness (QED) is 0.719. The summed E-state index contributed by atoms with van der Waals surface area (Å²) in [5, 5.41) is 0. The van der Waals surface area contributed by atoms with Crippen molar-refractivity contribution >= 4 is 11.9 Å². The van der Waals surface area contributed by atoms with Crippen molar-refractivity contribution < 1.29 is 18.7 Å². The van der Waals surface area contributed by atoms with Gasteiger partial charge in [-0.15, -0.1) is 0 Å². The lowest BCUT2D eigenvalue weighted by molar-refractivity contribution is -0.146. The summed E-state index contributed by atoms with van der Waals surface area (Å²) in [5.41, 5.74) is 1.32. The molecule has 1 fully saturated rings. The Bertz CT molecular complexity index is 770. The van der Waals surface area contributed by atoms with Crippen molar-refractivity contribution in [2.45, 2.75) is 19.2 Å². The largest absolute Gasteiger partial charge is 0.460 e. The molecule has 1 aliphatic heterocycles. The Morgan fingerprint density at radius 1 is 0.929 bits per heavy atom. The molecule has 0 N–H and O–H groups in total. The maximum absolute atomic E-state index is 14.5. The third-order valence-corrected chi connectivity index (χ3v) is 4.80. The number of carbonyl (C=O) groups is 2. The molecule has 0 aromatic heterocycles. The number of carbonyl (C=O) groups excluding carboxylic acids is 2. The number of rotatable bonds is 6. The molecule has 6 heteroatoms. The Labute approximate surface area is 164 Å². The molecule has 1 aliphatic rings. The molecular formula is C22H25FN2O3. The van der Waals surface area contributed by atoms with Gasteiger partial charge in [-0.1, -0.05) is 60.7 Å². The highest BCUT2D eigenvalue weighted by atomic mass is 19.1. The van der Waals surface area contributed by atoms with Crippen LogP contribution in [0.2, 0.25) is 0 Å². The van der Waals surface area contributed by atoms with Crippen molar-refractivity contribution in [3.05, 3.63) is 71.8 Å². The molecule has 0 radical (unpaired) electrons. The lowest BCUT2D eigenvalue weighted by atomic mass is 10.1. The molecule has 2 aromatic carbocycles. The smallest absolute Gasteiger partial charge is 0.320 e. The number of amides is 1. The lowest BCUT2D eigenvalue weighted by Gasteiger charge is -2.23. The summed E-state index contributed by atoms with van der Waals surface area (Å²) >= 11 is 0. The fourth-order valence-electron chi connectivity index (χ4n) is 3.24. The van der Waals surface area contributed by atoms with E-state index < -0.39 is 12.1 Å². The highest BCUT2D eigenvalue weighted by molar-refractivity contribution is 5.82. The van der Waals surface area contributed by atoms with Crippen LogP contribution in [0.15, 0.2) is 60.7 Å². The standard InChI is InChI=1S/C22H25FN2O3/c23-21(19-10-5-2-6-11-19)22(27)25-13-7-12-24(14-15-25)16-20(26)28-17-18-8-3-1-4-9-18/h1-6,8-11,21H,7,12-17H2. The summed E-state index contributed by atoms with van der Waals surface area (Å²) in [7, 11) is 0. The number of nitrogens with zero attached hydrogens (tertiary/aromatic N) is 2. The molecule has 28 heavy (non-hydrogen) atoms. The van der Waals surface area contributed by atoms with E-state index >= 15 is 0 Å². The van der Waals surface area contributed by atoms with Gasteiger partial charge in [-0.2, -0.15) is 0 Å². The SMILES string of the molecule is O=C(CN1CCCN(C(=O)C(F)c2ccccc2)CC1)OCc1ccccc1. The van der Waals surface area contributed by atoms with Crippen molar-refractivity contribution in [2.75, 3.05) is 32.7 Å². The first kappa shape index (κ1) is 20.0. The van der Waals surface area contributed by atoms with Crippen LogP contribution in [0.5, 0.6) is 0 Å². The second-order valence-electron chi connectivity index (χ2n) is 6.87. The number of esters is 1. The van der Waals surface area contributed by atoms with E-state index in [1.807, 2.05) is 35.2 Å². The van der Waals surface area contributed by atoms with Gasteiger partial charge in [0.2, 0.25) is 6.17 Å². The summed E-state index contributed by atoms with van der Waals surface area (Å²) in [6.45, 7) is 2.51. The zero-order valence-corrected chi connectivity index (χ0v) is 15.8. The Balaban J connectivity index is 1.46. The third-order valence-electron chi connectivity index (χ3n) is 4.80. The van der Waals surface area contributed by atoms with E-state index in [1.54, 1.807) is 35.2 Å². The van der Waals surface area contributed by atoms with Crippen LogP contribution in [-0.4, -0.2) is 54.4 Å². The van der Waals surface area contributed by atoms with Gasteiger partial charge in [-0.25, -0.2) is 4.39 Å². The topological polar surface area (TPSA) is 49.9 Å². The van der Waals surface area contributed by atoms with Crippen LogP contribution in [0.4, 0.5) is 4.39 Å². The van der Waals surface area contributed by atoms with Gasteiger partial charge in [0.25, 0.3) is 5.91 Å². The molecule has 2 aromatic rings. The van der Waals surface area contributed by atoms with Gasteiger partial charge in [-0.3, -0.25) is 14.5 Å². The zero-order valence-electron chi connectivity index (χ0n) is 15.8. The van der Waals surface area contributed by atoms with Crippen LogP contribution < -0.4 is 0 Å². The fraction of sp³-hybridized carbons (Fsp3) is 0.364. The minimum atomic E-state index is -1.65. The minimum Gasteiger partial charge on any atom is -0.460 e. The van der Waals surface area contributed by atoms with Crippen molar-refractivity contribution in [3.8, 4) is 0 Å². The number of hydrogen-bond donors (Lipinski definition) is 0. The van der Waals surface area contributed by atoms with Crippen LogP contribution in [-0.2, 0) is 20.9 Å². The normalized spacial score (nSPS) is 16.2. The van der Waals surface area contributed by atoms with Gasteiger partial charge in [0.05, 0.1) is 6.54 Å². The van der Waals surface area contributed by atoms with Crippen molar-refractivity contribution in [3.63, 3.8) is 0 Å². The summed E-state index contributed by atoms with van der Waals surface area (Å²) < 4.78 is 19.9. The average Bonchev–Trinajstić information content (AvgIpc) is 2.98. The molecule has 0 bridgehead atoms. The lowest BCUT2D eigenvalue weighted by Crippen LogP contribution is -2.38. The van der Waals surface area contributed by atoms with E-state index in [-0.39, 0.29) is 19.1 Å². The second-order valence-corrected chi connectivity index (χ2v) is 6.87. The van der Waals surface area contributed by atoms with Crippen LogP contribution in [0.1, 0.15) is 23.7 Å². The van der Waals surface area contributed by atoms with Gasteiger partial charge in [0.1, 0.15) is 6.61 Å². The molecular weight excluding hydrogens is 359 g/mol. The maximum Gasteiger partial charge on any atom is 0.320 e. The molecule has 0 saturated carbocycles. The van der Waals surface area contributed by atoms with Crippen molar-refractivity contribution in [2.24, 2.45) is 0 Å². The summed E-state index contributed by atoms with van der Waals surface area (Å²) in [6, 6.07) is 18.0. The Hall–Kier alpha value is -2.73. The van der Waals surface area contributed by atoms with Crippen LogP contribution in [0.25, 0.3) is 0 Å². The van der Waals surface area contributed by atoms with Crippen LogP contribution >= 0.6 is 0 Å². The van der Waals surface area contributed by atoms with Gasteiger partial charge in [0.15, 0.2) is 0 Å². The van der Waals surface area contributed by atoms with E-state index in [0.29, 0.717) is 38.2 Å². The number of ether oxygens (including phenoxy) is 1. The Kier molecular flexibility index (Phi) is 7.14. The van der Waals surface area contributed by atoms with E-state index in [9.17, 15) is 14.0 Å². The molecule has 0 spiro atoms. The molecule has 1 saturated heterocycles. The summed E-state index contributed by atoms with van der Waals surface area (Å²) in [5.74, 6) is -0.809. The molecule has 1 amide bonds. The average molecular weight is 384 g/mol. The van der Waals surface area contributed by atoms with E-state index in [2.05, 4.69) is 0 Å². The second kappa shape index (κ2) is 9.99. The van der Waals surface area contributed by atoms with Gasteiger partial charge in [0, 0.05) is 26.2 Å². The van der Waals surface area contributed by atoms with Gasteiger partial charge >= 0.3 is 5.97 Å². The van der Waals surface area contributed by atoms with Crippen LogP contribution in [0, 0.1) is 0 Å². The van der Waals surface area contributed by atoms with E-state index in [0.717, 1.165) is 5.56 Å². The first-order valence-corrected chi connectivity index (χ1v) is 9.53. The molecule has 3 rings (SSSR count). The molecule has 1 unspecified atom stereocenters. The van der Waals surface area contributed by atoms with Gasteiger partial charge < -0.3 is 9.64 Å². The van der Waals surface area contributed by atoms with Crippen molar-refractivity contribution in [1.29, 1.82) is 0 Å². The third kappa shape index (κ3) is 5.63. The molecule has 148 valence electrons. The highest BCUT2D eigenvalue weighted by Crippen LogP contribution is 2.20. The molecule has 1 atom stereocenters. The minimum absolute atomic E-state index is 0.173. The predicted molar refractivity (Wildman–Crippen MR) is 104 cm³/mol. The number of alkyl halides is 1. The summed E-state index contributed by atoms with van der Waals surface area (Å²) in [6.07, 6.45) is -0.956. The first-order valence-electron chi connectivity index (χ1n) is 9.53. The summed E-state index contributed by atoms with van der Waals surface area (Å²) in [4.78, 5) is 28.1. The fourth-order valence-corrected chi connectivity index (χ4v) is 3.24. The molecule has 0 aliphatic carbocycles. The number of benzene rings is 2. The number of halogens is 1. The van der Waals surface area contributed by atoms with Gasteiger partial charge in [-0.05, 0) is 17.5 Å². The molecule has 5 nitrogen and oxygen atoms in total. The predicted octanol–water partition coefficient (Wildman–Crippen LogP) is 2.97. The van der Waals surface area contributed by atoms with E-state index in [4.69, 9.17) is 4.74 Å². The maximum atomic E-state index is 14.5. The highest BCUT2D eigenvalue weighted by Gasteiger charge is 2.27. The monoisotopic (exact) mass is 384 g/mol.